The molecule has 0 spiro atoms. The Labute approximate surface area is 165 Å². The third-order valence-electron chi connectivity index (χ3n) is 3.82. The summed E-state index contributed by atoms with van der Waals surface area (Å²) in [7, 11) is -4.54. The van der Waals surface area contributed by atoms with E-state index in [2.05, 4.69) is 0 Å². The number of aliphatic hydroxyl groups excluding tert-OH is 1. The van der Waals surface area contributed by atoms with Gasteiger partial charge in [0.05, 0.1) is 36.1 Å². The minimum absolute atomic E-state index is 0.0276. The second kappa shape index (κ2) is 7.96. The standard InChI is InChI=1S/C18H22F4N2O4S/c1-17(2,3)28-10-13(25)9-24-8-12(23)7-16(24)29(26,27)15-5-4-11(6-14(15)19)18(20,21)22/h4-8,13,25H,9-10,23H2,1-3H3. The maximum absolute atomic E-state index is 14.2. The van der Waals surface area contributed by atoms with Crippen LogP contribution in [0.25, 0.3) is 0 Å². The molecule has 1 heterocycles. The number of aliphatic hydroxyl groups is 1. The van der Waals surface area contributed by atoms with Crippen LogP contribution in [-0.2, 0) is 27.3 Å². The number of nitrogen functional groups attached to an aromatic ring is 1. The predicted molar refractivity (Wildman–Crippen MR) is 97.4 cm³/mol. The fourth-order valence-corrected chi connectivity index (χ4v) is 4.03. The summed E-state index contributed by atoms with van der Waals surface area (Å²) in [6, 6.07) is 2.21. The summed E-state index contributed by atoms with van der Waals surface area (Å²) in [5.41, 5.74) is 3.84. The number of ether oxygens (including phenoxy) is 1. The lowest BCUT2D eigenvalue weighted by atomic mass is 10.2. The van der Waals surface area contributed by atoms with Crippen molar-refractivity contribution in [3.8, 4) is 0 Å². The summed E-state index contributed by atoms with van der Waals surface area (Å²) in [4.78, 5) is -0.926. The molecule has 0 aliphatic heterocycles. The first-order valence-corrected chi connectivity index (χ1v) is 9.99. The van der Waals surface area contributed by atoms with Crippen molar-refractivity contribution in [2.45, 2.75) is 55.1 Å². The molecular formula is C18H22F4N2O4S. The van der Waals surface area contributed by atoms with E-state index < -0.39 is 49.0 Å². The minimum Gasteiger partial charge on any atom is -0.397 e. The number of anilines is 1. The third kappa shape index (κ3) is 5.71. The Morgan fingerprint density at radius 1 is 1.21 bits per heavy atom. The summed E-state index contributed by atoms with van der Waals surface area (Å²) >= 11 is 0. The second-order valence-corrected chi connectivity index (χ2v) is 9.35. The second-order valence-electron chi connectivity index (χ2n) is 7.49. The van der Waals surface area contributed by atoms with Gasteiger partial charge in [-0.1, -0.05) is 0 Å². The van der Waals surface area contributed by atoms with Gasteiger partial charge < -0.3 is 20.1 Å². The van der Waals surface area contributed by atoms with E-state index in [1.165, 1.54) is 6.20 Å². The molecule has 0 bridgehead atoms. The fourth-order valence-electron chi connectivity index (χ4n) is 2.51. The lowest BCUT2D eigenvalue weighted by Crippen LogP contribution is -2.29. The average molecular weight is 438 g/mol. The Kier molecular flexibility index (Phi) is 6.36. The minimum atomic E-state index is -4.81. The monoisotopic (exact) mass is 438 g/mol. The van der Waals surface area contributed by atoms with Crippen molar-refractivity contribution in [1.82, 2.24) is 4.57 Å². The van der Waals surface area contributed by atoms with Gasteiger partial charge in [0.1, 0.15) is 15.7 Å². The maximum Gasteiger partial charge on any atom is 0.416 e. The van der Waals surface area contributed by atoms with Gasteiger partial charge in [-0.05, 0) is 45.0 Å². The van der Waals surface area contributed by atoms with Crippen LogP contribution in [0.2, 0.25) is 0 Å². The van der Waals surface area contributed by atoms with E-state index in [1.807, 2.05) is 0 Å². The molecule has 0 aliphatic carbocycles. The number of nitrogens with two attached hydrogens (primary N) is 1. The summed E-state index contributed by atoms with van der Waals surface area (Å²) in [5, 5.41) is 9.68. The number of benzene rings is 1. The van der Waals surface area contributed by atoms with Crippen LogP contribution in [0.3, 0.4) is 0 Å². The number of aromatic nitrogens is 1. The lowest BCUT2D eigenvalue weighted by Gasteiger charge is -2.22. The number of nitrogens with zero attached hydrogens (tertiary/aromatic N) is 1. The first-order valence-electron chi connectivity index (χ1n) is 8.51. The molecule has 0 fully saturated rings. The Bertz CT molecular complexity index is 979. The van der Waals surface area contributed by atoms with E-state index in [1.54, 1.807) is 20.8 Å². The zero-order valence-electron chi connectivity index (χ0n) is 16.0. The molecule has 1 aromatic heterocycles. The molecule has 29 heavy (non-hydrogen) atoms. The molecule has 0 saturated carbocycles. The molecule has 2 aromatic rings. The van der Waals surface area contributed by atoms with E-state index in [-0.39, 0.29) is 24.9 Å². The number of alkyl halides is 3. The first kappa shape index (κ1) is 23.2. The molecule has 162 valence electrons. The number of halogens is 4. The highest BCUT2D eigenvalue weighted by Gasteiger charge is 2.33. The summed E-state index contributed by atoms with van der Waals surface area (Å²) < 4.78 is 84.6. The molecule has 2 rings (SSSR count). The van der Waals surface area contributed by atoms with Gasteiger partial charge in [-0.25, -0.2) is 12.8 Å². The SMILES string of the molecule is CC(C)(C)OCC(O)Cn1cc(N)cc1S(=O)(=O)c1ccc(C(F)(F)F)cc1F. The zero-order valence-corrected chi connectivity index (χ0v) is 16.8. The molecular weight excluding hydrogens is 416 g/mol. The first-order chi connectivity index (χ1) is 13.1. The van der Waals surface area contributed by atoms with Crippen molar-refractivity contribution in [1.29, 1.82) is 0 Å². The van der Waals surface area contributed by atoms with Crippen LogP contribution in [0.5, 0.6) is 0 Å². The van der Waals surface area contributed by atoms with Crippen molar-refractivity contribution < 1.29 is 35.8 Å². The molecule has 1 unspecified atom stereocenters. The zero-order chi connectivity index (χ0) is 22.2. The van der Waals surface area contributed by atoms with Crippen molar-refractivity contribution >= 4 is 15.5 Å². The van der Waals surface area contributed by atoms with Crippen molar-refractivity contribution in [2.75, 3.05) is 12.3 Å². The highest BCUT2D eigenvalue weighted by Crippen LogP contribution is 2.33. The predicted octanol–water partition coefficient (Wildman–Crippen LogP) is 3.24. The van der Waals surface area contributed by atoms with Crippen LogP contribution in [0.1, 0.15) is 26.3 Å². The van der Waals surface area contributed by atoms with Crippen LogP contribution >= 0.6 is 0 Å². The van der Waals surface area contributed by atoms with Crippen LogP contribution in [0.15, 0.2) is 40.4 Å². The number of hydrogen-bond donors (Lipinski definition) is 2. The molecule has 0 radical (unpaired) electrons. The quantitative estimate of drug-likeness (QED) is 0.676. The Morgan fingerprint density at radius 3 is 2.34 bits per heavy atom. The summed E-state index contributed by atoms with van der Waals surface area (Å²) in [5.74, 6) is -1.54. The van der Waals surface area contributed by atoms with Crippen LogP contribution < -0.4 is 5.73 Å². The normalized spacial score (nSPS) is 14.2. The maximum atomic E-state index is 14.2. The van der Waals surface area contributed by atoms with Crippen molar-refractivity contribution in [3.05, 3.63) is 41.8 Å². The van der Waals surface area contributed by atoms with E-state index >= 15 is 0 Å². The molecule has 1 aromatic carbocycles. The lowest BCUT2D eigenvalue weighted by molar-refractivity contribution is -0.137. The van der Waals surface area contributed by atoms with Crippen LogP contribution in [0, 0.1) is 5.82 Å². The van der Waals surface area contributed by atoms with Crippen LogP contribution in [-0.4, -0.2) is 36.4 Å². The highest BCUT2D eigenvalue weighted by atomic mass is 32.2. The van der Waals surface area contributed by atoms with Gasteiger partial charge in [0.25, 0.3) is 0 Å². The van der Waals surface area contributed by atoms with Gasteiger partial charge in [0.15, 0.2) is 0 Å². The molecule has 6 nitrogen and oxygen atoms in total. The van der Waals surface area contributed by atoms with E-state index in [9.17, 15) is 31.1 Å². The Morgan fingerprint density at radius 2 is 1.83 bits per heavy atom. The highest BCUT2D eigenvalue weighted by molar-refractivity contribution is 7.91. The molecule has 3 N–H and O–H groups in total. The summed E-state index contributed by atoms with van der Waals surface area (Å²) in [6.07, 6.45) is -4.69. The van der Waals surface area contributed by atoms with Crippen molar-refractivity contribution in [3.63, 3.8) is 0 Å². The van der Waals surface area contributed by atoms with E-state index in [4.69, 9.17) is 10.5 Å². The average Bonchev–Trinajstić information content (AvgIpc) is 2.92. The fraction of sp³-hybridized carbons (Fsp3) is 0.444. The number of sulfone groups is 1. The number of rotatable bonds is 6. The van der Waals surface area contributed by atoms with Gasteiger partial charge in [-0.2, -0.15) is 13.2 Å². The molecule has 0 saturated heterocycles. The van der Waals surface area contributed by atoms with Crippen LogP contribution in [0.4, 0.5) is 23.2 Å². The summed E-state index contributed by atoms with van der Waals surface area (Å²) in [6.45, 7) is 4.99. The Balaban J connectivity index is 2.37. The number of hydrogen-bond acceptors (Lipinski definition) is 5. The van der Waals surface area contributed by atoms with E-state index in [0.29, 0.717) is 12.1 Å². The van der Waals surface area contributed by atoms with Gasteiger partial charge in [-0.15, -0.1) is 0 Å². The molecule has 11 heteroatoms. The molecule has 0 amide bonds. The molecule has 1 atom stereocenters. The van der Waals surface area contributed by atoms with Gasteiger partial charge in [0, 0.05) is 6.20 Å². The Hall–Kier alpha value is -2.11. The van der Waals surface area contributed by atoms with Crippen molar-refractivity contribution in [2.24, 2.45) is 0 Å². The molecule has 0 aliphatic rings. The van der Waals surface area contributed by atoms with Gasteiger partial charge >= 0.3 is 6.18 Å². The van der Waals surface area contributed by atoms with Gasteiger partial charge in [-0.3, -0.25) is 0 Å². The van der Waals surface area contributed by atoms with Gasteiger partial charge in [0.2, 0.25) is 9.84 Å². The smallest absolute Gasteiger partial charge is 0.397 e. The topological polar surface area (TPSA) is 94.5 Å². The van der Waals surface area contributed by atoms with E-state index in [0.717, 1.165) is 10.6 Å². The third-order valence-corrected chi connectivity index (χ3v) is 5.63. The largest absolute Gasteiger partial charge is 0.416 e.